The number of rotatable bonds is 8. The summed E-state index contributed by atoms with van der Waals surface area (Å²) in [5.74, 6) is 1.13. The van der Waals surface area contributed by atoms with Gasteiger partial charge in [-0.1, -0.05) is 0 Å². The molecule has 0 saturated heterocycles. The number of hydrogen-bond acceptors (Lipinski definition) is 4. The Morgan fingerprint density at radius 1 is 1.38 bits per heavy atom. The van der Waals surface area contributed by atoms with Gasteiger partial charge in [-0.3, -0.25) is 4.79 Å². The summed E-state index contributed by atoms with van der Waals surface area (Å²) < 4.78 is 12.0. The fourth-order valence-corrected chi connectivity index (χ4v) is 2.57. The Morgan fingerprint density at radius 3 is 2.76 bits per heavy atom. The third-order valence-corrected chi connectivity index (χ3v) is 3.63. The fourth-order valence-electron chi connectivity index (χ4n) is 1.97. The summed E-state index contributed by atoms with van der Waals surface area (Å²) in [7, 11) is 1.89. The van der Waals surface area contributed by atoms with E-state index >= 15 is 0 Å². The number of amides is 1. The van der Waals surface area contributed by atoms with Crippen LogP contribution in [0.25, 0.3) is 0 Å². The highest BCUT2D eigenvalue weighted by atomic mass is 79.9. The first kappa shape index (κ1) is 16.1. The van der Waals surface area contributed by atoms with Gasteiger partial charge < -0.3 is 20.1 Å². The van der Waals surface area contributed by atoms with Crippen LogP contribution in [0, 0.1) is 0 Å². The predicted molar refractivity (Wildman–Crippen MR) is 84.7 cm³/mol. The molecule has 1 saturated carbocycles. The summed E-state index contributed by atoms with van der Waals surface area (Å²) in [6, 6.07) is 4.24. The van der Waals surface area contributed by atoms with E-state index in [9.17, 15) is 4.79 Å². The number of ether oxygens (including phenoxy) is 2. The SMILES string of the molecule is CCOc1cc(CNC)cc(Br)c1OCC(=O)NC1CC1. The van der Waals surface area contributed by atoms with Gasteiger partial charge in [-0.15, -0.1) is 0 Å². The van der Waals surface area contributed by atoms with E-state index in [0.717, 1.165) is 29.4 Å². The minimum atomic E-state index is -0.0915. The van der Waals surface area contributed by atoms with Crippen LogP contribution in [0.15, 0.2) is 16.6 Å². The molecule has 2 rings (SSSR count). The van der Waals surface area contributed by atoms with Gasteiger partial charge >= 0.3 is 0 Å². The van der Waals surface area contributed by atoms with E-state index in [1.807, 2.05) is 26.1 Å². The van der Waals surface area contributed by atoms with Gasteiger partial charge in [-0.25, -0.2) is 0 Å². The first-order valence-electron chi connectivity index (χ1n) is 7.16. The van der Waals surface area contributed by atoms with Crippen molar-refractivity contribution in [1.29, 1.82) is 0 Å². The molecule has 0 atom stereocenters. The normalized spacial score (nSPS) is 13.9. The number of benzene rings is 1. The minimum absolute atomic E-state index is 0.000544. The van der Waals surface area contributed by atoms with Crippen LogP contribution in [0.4, 0.5) is 0 Å². The van der Waals surface area contributed by atoms with E-state index in [2.05, 4.69) is 26.6 Å². The first-order chi connectivity index (χ1) is 10.1. The molecule has 116 valence electrons. The summed E-state index contributed by atoms with van der Waals surface area (Å²) in [6.45, 7) is 3.20. The van der Waals surface area contributed by atoms with Crippen molar-refractivity contribution >= 4 is 21.8 Å². The summed E-state index contributed by atoms with van der Waals surface area (Å²) in [4.78, 5) is 11.7. The Bertz CT molecular complexity index is 504. The Balaban J connectivity index is 2.06. The summed E-state index contributed by atoms with van der Waals surface area (Å²) >= 11 is 3.49. The zero-order chi connectivity index (χ0) is 15.2. The van der Waals surface area contributed by atoms with Gasteiger partial charge in [0.05, 0.1) is 11.1 Å². The molecule has 1 aromatic carbocycles. The number of halogens is 1. The van der Waals surface area contributed by atoms with Crippen LogP contribution in [0.2, 0.25) is 0 Å². The van der Waals surface area contributed by atoms with Crippen molar-refractivity contribution in [2.24, 2.45) is 0 Å². The third kappa shape index (κ3) is 4.89. The molecule has 0 unspecified atom stereocenters. The maximum Gasteiger partial charge on any atom is 0.258 e. The highest BCUT2D eigenvalue weighted by molar-refractivity contribution is 9.10. The lowest BCUT2D eigenvalue weighted by Crippen LogP contribution is -2.30. The molecule has 1 aliphatic carbocycles. The van der Waals surface area contributed by atoms with Crippen molar-refractivity contribution < 1.29 is 14.3 Å². The maximum atomic E-state index is 11.7. The van der Waals surface area contributed by atoms with E-state index in [-0.39, 0.29) is 12.5 Å². The number of carbonyl (C=O) groups is 1. The molecule has 1 aromatic rings. The fraction of sp³-hybridized carbons (Fsp3) is 0.533. The number of nitrogens with one attached hydrogen (secondary N) is 2. The van der Waals surface area contributed by atoms with Gasteiger partial charge in [0, 0.05) is 12.6 Å². The summed E-state index contributed by atoms with van der Waals surface area (Å²) in [5, 5.41) is 5.99. The standard InChI is InChI=1S/C15H21BrN2O3/c1-3-20-13-7-10(8-17-2)6-12(16)15(13)21-9-14(19)18-11-4-5-11/h6-7,11,17H,3-5,8-9H2,1-2H3,(H,18,19). The predicted octanol–water partition coefficient (Wildman–Crippen LogP) is 2.22. The largest absolute Gasteiger partial charge is 0.490 e. The van der Waals surface area contributed by atoms with Crippen LogP contribution in [-0.4, -0.2) is 32.2 Å². The zero-order valence-electron chi connectivity index (χ0n) is 12.4. The lowest BCUT2D eigenvalue weighted by atomic mass is 10.2. The smallest absolute Gasteiger partial charge is 0.258 e. The summed E-state index contributed by atoms with van der Waals surface area (Å²) in [6.07, 6.45) is 2.14. The van der Waals surface area contributed by atoms with Crippen LogP contribution < -0.4 is 20.1 Å². The van der Waals surface area contributed by atoms with Gasteiger partial charge in [-0.2, -0.15) is 0 Å². The maximum absolute atomic E-state index is 11.7. The van der Waals surface area contributed by atoms with Crippen LogP contribution in [-0.2, 0) is 11.3 Å². The van der Waals surface area contributed by atoms with Crippen molar-refractivity contribution in [2.45, 2.75) is 32.4 Å². The van der Waals surface area contributed by atoms with Crippen molar-refractivity contribution in [3.63, 3.8) is 0 Å². The monoisotopic (exact) mass is 356 g/mol. The number of hydrogen-bond donors (Lipinski definition) is 2. The van der Waals surface area contributed by atoms with E-state index in [0.29, 0.717) is 24.1 Å². The topological polar surface area (TPSA) is 59.6 Å². The molecule has 0 aliphatic heterocycles. The second kappa shape index (κ2) is 7.66. The molecule has 5 nitrogen and oxygen atoms in total. The van der Waals surface area contributed by atoms with Gasteiger partial charge in [0.1, 0.15) is 0 Å². The molecule has 1 aliphatic rings. The molecular formula is C15H21BrN2O3. The van der Waals surface area contributed by atoms with Crippen molar-refractivity contribution in [2.75, 3.05) is 20.3 Å². The average Bonchev–Trinajstić information content (AvgIpc) is 3.22. The molecule has 21 heavy (non-hydrogen) atoms. The van der Waals surface area contributed by atoms with E-state index in [1.165, 1.54) is 0 Å². The van der Waals surface area contributed by atoms with Crippen LogP contribution in [0.3, 0.4) is 0 Å². The highest BCUT2D eigenvalue weighted by Gasteiger charge is 2.23. The Kier molecular flexibility index (Phi) is 5.87. The summed E-state index contributed by atoms with van der Waals surface area (Å²) in [5.41, 5.74) is 1.09. The lowest BCUT2D eigenvalue weighted by molar-refractivity contribution is -0.123. The Labute approximate surface area is 133 Å². The number of carbonyl (C=O) groups excluding carboxylic acids is 1. The second-order valence-electron chi connectivity index (χ2n) is 5.00. The third-order valence-electron chi connectivity index (χ3n) is 3.04. The molecule has 0 bridgehead atoms. The highest BCUT2D eigenvalue weighted by Crippen LogP contribution is 2.37. The average molecular weight is 357 g/mol. The van der Waals surface area contributed by atoms with Crippen molar-refractivity contribution in [3.8, 4) is 11.5 Å². The second-order valence-corrected chi connectivity index (χ2v) is 5.85. The molecule has 1 amide bonds. The van der Waals surface area contributed by atoms with E-state index < -0.39 is 0 Å². The Morgan fingerprint density at radius 2 is 2.14 bits per heavy atom. The van der Waals surface area contributed by atoms with Crippen molar-refractivity contribution in [1.82, 2.24) is 10.6 Å². The van der Waals surface area contributed by atoms with Crippen LogP contribution in [0.1, 0.15) is 25.3 Å². The van der Waals surface area contributed by atoms with Crippen LogP contribution >= 0.6 is 15.9 Å². The molecule has 6 heteroatoms. The van der Waals surface area contributed by atoms with Gasteiger partial charge in [0.2, 0.25) is 0 Å². The van der Waals surface area contributed by atoms with Crippen molar-refractivity contribution in [3.05, 3.63) is 22.2 Å². The van der Waals surface area contributed by atoms with Gasteiger partial charge in [-0.05, 0) is 60.4 Å². The first-order valence-corrected chi connectivity index (χ1v) is 7.95. The molecule has 0 spiro atoms. The molecular weight excluding hydrogens is 336 g/mol. The van der Waals surface area contributed by atoms with E-state index in [1.54, 1.807) is 0 Å². The quantitative estimate of drug-likeness (QED) is 0.749. The lowest BCUT2D eigenvalue weighted by Gasteiger charge is -2.15. The van der Waals surface area contributed by atoms with E-state index in [4.69, 9.17) is 9.47 Å². The molecule has 0 radical (unpaired) electrons. The van der Waals surface area contributed by atoms with Gasteiger partial charge in [0.25, 0.3) is 5.91 Å². The molecule has 2 N–H and O–H groups in total. The molecule has 1 fully saturated rings. The Hall–Kier alpha value is -1.27. The minimum Gasteiger partial charge on any atom is -0.490 e. The van der Waals surface area contributed by atoms with Gasteiger partial charge in [0.15, 0.2) is 18.1 Å². The zero-order valence-corrected chi connectivity index (χ0v) is 14.0. The van der Waals surface area contributed by atoms with Crippen LogP contribution in [0.5, 0.6) is 11.5 Å². The molecule has 0 aromatic heterocycles. The molecule has 0 heterocycles.